The highest BCUT2D eigenvalue weighted by molar-refractivity contribution is 5.90. The zero-order valence-corrected chi connectivity index (χ0v) is 16.6. The summed E-state index contributed by atoms with van der Waals surface area (Å²) in [6, 6.07) is 1.13. The monoisotopic (exact) mass is 414 g/mol. The van der Waals surface area contributed by atoms with E-state index in [1.54, 1.807) is 13.1 Å². The predicted molar refractivity (Wildman–Crippen MR) is 105 cm³/mol. The van der Waals surface area contributed by atoms with E-state index in [1.807, 2.05) is 4.90 Å². The van der Waals surface area contributed by atoms with E-state index in [9.17, 15) is 14.0 Å². The van der Waals surface area contributed by atoms with Crippen LogP contribution in [0.4, 0.5) is 10.3 Å². The Labute approximate surface area is 173 Å². The van der Waals surface area contributed by atoms with Gasteiger partial charge in [-0.15, -0.1) is 0 Å². The second-order valence-electron chi connectivity index (χ2n) is 7.50. The SMILES string of the molecule is Cc1c(F)cncc1[C@@H]1CCON1C(=O)C1CCN(c2nccc(C(N)=O)n2)CC1. The minimum absolute atomic E-state index is 0.104. The lowest BCUT2D eigenvalue weighted by molar-refractivity contribution is -0.182. The van der Waals surface area contributed by atoms with Crippen molar-refractivity contribution < 1.29 is 18.8 Å². The molecule has 0 radical (unpaired) electrons. The molecule has 10 heteroatoms. The van der Waals surface area contributed by atoms with Crippen LogP contribution in [0.5, 0.6) is 0 Å². The molecular weight excluding hydrogens is 391 g/mol. The zero-order valence-electron chi connectivity index (χ0n) is 16.6. The number of hydrogen-bond donors (Lipinski definition) is 1. The first-order valence-corrected chi connectivity index (χ1v) is 9.89. The van der Waals surface area contributed by atoms with Crippen LogP contribution in [0.25, 0.3) is 0 Å². The van der Waals surface area contributed by atoms with Gasteiger partial charge in [0.15, 0.2) is 0 Å². The standard InChI is InChI=1S/C20H23FN6O3/c1-12-14(10-23-11-15(12)21)17-5-9-30-27(17)19(29)13-3-7-26(8-4-13)20-24-6-2-16(25-20)18(22)28/h2,6,10-11,13,17H,3-5,7-9H2,1H3,(H2,22,28)/t17-/m0/s1. The zero-order chi connectivity index (χ0) is 21.3. The van der Waals surface area contributed by atoms with Crippen LogP contribution in [-0.4, -0.2) is 51.5 Å². The summed E-state index contributed by atoms with van der Waals surface area (Å²) in [6.45, 7) is 3.22. The van der Waals surface area contributed by atoms with Gasteiger partial charge in [0, 0.05) is 43.4 Å². The summed E-state index contributed by atoms with van der Waals surface area (Å²) >= 11 is 0. The molecule has 2 aliphatic heterocycles. The molecule has 4 heterocycles. The van der Waals surface area contributed by atoms with Gasteiger partial charge in [-0.3, -0.25) is 19.4 Å². The van der Waals surface area contributed by atoms with Crippen molar-refractivity contribution in [3.63, 3.8) is 0 Å². The van der Waals surface area contributed by atoms with E-state index in [0.29, 0.717) is 56.0 Å². The molecule has 0 spiro atoms. The van der Waals surface area contributed by atoms with Crippen molar-refractivity contribution in [1.82, 2.24) is 20.0 Å². The number of amides is 2. The van der Waals surface area contributed by atoms with Gasteiger partial charge in [0.1, 0.15) is 11.5 Å². The molecule has 0 unspecified atom stereocenters. The molecule has 30 heavy (non-hydrogen) atoms. The fourth-order valence-electron chi connectivity index (χ4n) is 3.96. The van der Waals surface area contributed by atoms with E-state index in [4.69, 9.17) is 10.6 Å². The number of hydroxylamine groups is 2. The highest BCUT2D eigenvalue weighted by atomic mass is 19.1. The van der Waals surface area contributed by atoms with Crippen LogP contribution in [0.3, 0.4) is 0 Å². The number of hydrogen-bond acceptors (Lipinski definition) is 7. The molecule has 158 valence electrons. The number of anilines is 1. The first kappa shape index (κ1) is 20.1. The molecular formula is C20H23FN6O3. The quantitative estimate of drug-likeness (QED) is 0.807. The molecule has 2 saturated heterocycles. The molecule has 0 aromatic carbocycles. The van der Waals surface area contributed by atoms with Gasteiger partial charge in [-0.2, -0.15) is 0 Å². The molecule has 4 rings (SSSR count). The molecule has 2 aromatic rings. The number of carbonyl (C=O) groups excluding carboxylic acids is 2. The second-order valence-corrected chi connectivity index (χ2v) is 7.50. The summed E-state index contributed by atoms with van der Waals surface area (Å²) < 4.78 is 13.9. The summed E-state index contributed by atoms with van der Waals surface area (Å²) in [6.07, 6.45) is 6.06. The molecule has 0 aliphatic carbocycles. The number of primary amides is 1. The average molecular weight is 414 g/mol. The topological polar surface area (TPSA) is 115 Å². The number of halogens is 1. The van der Waals surface area contributed by atoms with Crippen LogP contribution < -0.4 is 10.6 Å². The summed E-state index contributed by atoms with van der Waals surface area (Å²) in [5.74, 6) is -0.897. The van der Waals surface area contributed by atoms with Gasteiger partial charge in [0.25, 0.3) is 5.91 Å². The van der Waals surface area contributed by atoms with Crippen molar-refractivity contribution in [2.24, 2.45) is 11.7 Å². The summed E-state index contributed by atoms with van der Waals surface area (Å²) in [7, 11) is 0. The number of pyridine rings is 1. The smallest absolute Gasteiger partial charge is 0.267 e. The minimum Gasteiger partial charge on any atom is -0.364 e. The highest BCUT2D eigenvalue weighted by Crippen LogP contribution is 2.35. The van der Waals surface area contributed by atoms with Crippen molar-refractivity contribution in [3.05, 3.63) is 47.3 Å². The molecule has 0 saturated carbocycles. The van der Waals surface area contributed by atoms with Crippen LogP contribution in [0, 0.1) is 18.7 Å². The Hall–Kier alpha value is -3.14. The maximum Gasteiger partial charge on any atom is 0.267 e. The molecule has 2 amide bonds. The largest absolute Gasteiger partial charge is 0.364 e. The summed E-state index contributed by atoms with van der Waals surface area (Å²) in [4.78, 5) is 44.4. The molecule has 1 atom stereocenters. The molecule has 2 N–H and O–H groups in total. The van der Waals surface area contributed by atoms with Crippen LogP contribution in [0.15, 0.2) is 24.7 Å². The van der Waals surface area contributed by atoms with Crippen LogP contribution in [0.2, 0.25) is 0 Å². The van der Waals surface area contributed by atoms with Crippen molar-refractivity contribution in [3.8, 4) is 0 Å². The lowest BCUT2D eigenvalue weighted by Crippen LogP contribution is -2.42. The Kier molecular flexibility index (Phi) is 5.58. The van der Waals surface area contributed by atoms with Gasteiger partial charge >= 0.3 is 0 Å². The average Bonchev–Trinajstić information content (AvgIpc) is 3.25. The van der Waals surface area contributed by atoms with Gasteiger partial charge in [0.05, 0.1) is 18.8 Å². The maximum absolute atomic E-state index is 13.9. The Balaban J connectivity index is 1.43. The number of nitrogens with two attached hydrogens (primary N) is 1. The molecule has 0 bridgehead atoms. The Morgan fingerprint density at radius 1 is 1.23 bits per heavy atom. The fraction of sp³-hybridized carbons (Fsp3) is 0.450. The van der Waals surface area contributed by atoms with Crippen molar-refractivity contribution in [2.45, 2.75) is 32.2 Å². The van der Waals surface area contributed by atoms with Gasteiger partial charge in [-0.25, -0.2) is 19.4 Å². The van der Waals surface area contributed by atoms with Crippen LogP contribution in [0.1, 0.15) is 46.9 Å². The third kappa shape index (κ3) is 3.82. The Bertz CT molecular complexity index is 963. The molecule has 2 aliphatic rings. The van der Waals surface area contributed by atoms with Crippen molar-refractivity contribution in [1.29, 1.82) is 0 Å². The van der Waals surface area contributed by atoms with E-state index in [1.165, 1.54) is 23.5 Å². The normalized spacial score (nSPS) is 19.9. The highest BCUT2D eigenvalue weighted by Gasteiger charge is 2.38. The third-order valence-electron chi connectivity index (χ3n) is 5.70. The second kappa shape index (κ2) is 8.31. The van der Waals surface area contributed by atoms with E-state index in [0.717, 1.165) is 0 Å². The predicted octanol–water partition coefficient (Wildman–Crippen LogP) is 1.54. The Morgan fingerprint density at radius 3 is 2.73 bits per heavy atom. The van der Waals surface area contributed by atoms with Gasteiger partial charge < -0.3 is 10.6 Å². The fourth-order valence-corrected chi connectivity index (χ4v) is 3.96. The third-order valence-corrected chi connectivity index (χ3v) is 5.70. The lowest BCUT2D eigenvalue weighted by Gasteiger charge is -2.34. The van der Waals surface area contributed by atoms with Crippen LogP contribution >= 0.6 is 0 Å². The maximum atomic E-state index is 13.9. The lowest BCUT2D eigenvalue weighted by atomic mass is 9.94. The minimum atomic E-state index is -0.608. The molecule has 2 fully saturated rings. The summed E-state index contributed by atoms with van der Waals surface area (Å²) in [5, 5.41) is 1.40. The van der Waals surface area contributed by atoms with Gasteiger partial charge in [0.2, 0.25) is 11.9 Å². The van der Waals surface area contributed by atoms with E-state index in [2.05, 4.69) is 15.0 Å². The molecule has 2 aromatic heterocycles. The van der Waals surface area contributed by atoms with Crippen molar-refractivity contribution in [2.75, 3.05) is 24.6 Å². The van der Waals surface area contributed by atoms with E-state index in [-0.39, 0.29) is 23.6 Å². The Morgan fingerprint density at radius 2 is 2.00 bits per heavy atom. The number of aromatic nitrogens is 3. The number of piperidine rings is 1. The first-order chi connectivity index (χ1) is 14.5. The summed E-state index contributed by atoms with van der Waals surface area (Å²) in [5.41, 5.74) is 6.60. The van der Waals surface area contributed by atoms with Crippen LogP contribution in [-0.2, 0) is 9.63 Å². The number of nitrogens with zero attached hydrogens (tertiary/aromatic N) is 5. The number of carbonyl (C=O) groups is 2. The van der Waals surface area contributed by atoms with Gasteiger partial charge in [-0.1, -0.05) is 0 Å². The first-order valence-electron chi connectivity index (χ1n) is 9.89. The molecule has 9 nitrogen and oxygen atoms in total. The van der Waals surface area contributed by atoms with Gasteiger partial charge in [-0.05, 0) is 31.4 Å². The van der Waals surface area contributed by atoms with Crippen molar-refractivity contribution >= 4 is 17.8 Å². The van der Waals surface area contributed by atoms with E-state index >= 15 is 0 Å². The van der Waals surface area contributed by atoms with E-state index < -0.39 is 11.7 Å². The number of rotatable bonds is 4.